The minimum atomic E-state index is -4.96. The Morgan fingerprint density at radius 1 is 0.250 bits per heavy atom. The molecule has 0 spiro atoms. The van der Waals surface area contributed by atoms with Crippen LogP contribution in [-0.4, -0.2) is 96.7 Å². The standard InChI is InChI=1S/C81H158O17P2/c1-71(2)57-49-41-33-25-18-12-10-9-11-13-22-30-39-47-55-63-80(85)97-76(67-91-78(83)61-53-45-37-29-21-16-14-19-26-34-42-50-58-72(3)4)69-95-99(87,88)93-65-75(82)66-94-100(89,90)96-70-77(68-92-79(84)62-54-46-38-32-24-28-36-44-52-60-74(7)8)98-81(86)64-56-48-40-31-23-17-15-20-27-35-43-51-59-73(5)6/h71-77,82H,9-70H2,1-8H3,(H,87,88)(H,89,90)/t75-,76-,77-/m1/s1. The number of aliphatic hydroxyl groups is 1. The number of hydrogen-bond donors (Lipinski definition) is 3. The summed E-state index contributed by atoms with van der Waals surface area (Å²) in [7, 11) is -9.92. The van der Waals surface area contributed by atoms with Crippen LogP contribution >= 0.6 is 15.6 Å². The molecule has 0 aromatic heterocycles. The molecule has 0 heterocycles. The summed E-state index contributed by atoms with van der Waals surface area (Å²) in [6.45, 7) is 14.3. The van der Waals surface area contributed by atoms with E-state index in [1.54, 1.807) is 0 Å². The zero-order valence-electron chi connectivity index (χ0n) is 65.8. The van der Waals surface area contributed by atoms with Gasteiger partial charge in [-0.15, -0.1) is 0 Å². The summed E-state index contributed by atoms with van der Waals surface area (Å²) in [5.74, 6) is 0.992. The maximum absolute atomic E-state index is 13.1. The van der Waals surface area contributed by atoms with Gasteiger partial charge in [0.2, 0.25) is 0 Å². The molecule has 0 bridgehead atoms. The van der Waals surface area contributed by atoms with Gasteiger partial charge in [-0.1, -0.05) is 364 Å². The van der Waals surface area contributed by atoms with Crippen LogP contribution in [0.15, 0.2) is 0 Å². The van der Waals surface area contributed by atoms with Crippen LogP contribution in [0.3, 0.4) is 0 Å². The van der Waals surface area contributed by atoms with Gasteiger partial charge in [-0.2, -0.15) is 0 Å². The molecule has 19 heteroatoms. The number of esters is 4. The number of unbranched alkanes of at least 4 members (excludes halogenated alkanes) is 44. The smallest absolute Gasteiger partial charge is 0.462 e. The lowest BCUT2D eigenvalue weighted by Crippen LogP contribution is -2.30. The van der Waals surface area contributed by atoms with Crippen molar-refractivity contribution in [2.24, 2.45) is 23.7 Å². The number of aliphatic hydroxyl groups excluding tert-OH is 1. The van der Waals surface area contributed by atoms with Gasteiger partial charge >= 0.3 is 39.5 Å². The molecular formula is C81H158O17P2. The topological polar surface area (TPSA) is 237 Å². The van der Waals surface area contributed by atoms with Crippen LogP contribution in [0.25, 0.3) is 0 Å². The molecule has 0 saturated heterocycles. The first-order chi connectivity index (χ1) is 48.1. The van der Waals surface area contributed by atoms with Crippen molar-refractivity contribution >= 4 is 39.5 Å². The summed E-state index contributed by atoms with van der Waals surface area (Å²) in [5, 5.41) is 10.6. The van der Waals surface area contributed by atoms with Crippen molar-refractivity contribution in [2.75, 3.05) is 39.6 Å². The zero-order valence-corrected chi connectivity index (χ0v) is 67.6. The van der Waals surface area contributed by atoms with Crippen LogP contribution in [0.2, 0.25) is 0 Å². The summed E-state index contributed by atoms with van der Waals surface area (Å²) < 4.78 is 68.8. The number of carbonyl (C=O) groups excluding carboxylic acids is 4. The molecule has 0 aliphatic carbocycles. The SMILES string of the molecule is CC(C)CCCCCCCCCCCCCCCCCC(=O)O[C@H](COC(=O)CCCCCCCCCCCCCCC(C)C)COP(=O)(O)OC[C@@H](O)COP(=O)(O)OC[C@@H](COC(=O)CCCCCCCCCCCC(C)C)OC(=O)CCCCCCCCCCCCCCC(C)C. The summed E-state index contributed by atoms with van der Waals surface area (Å²) >= 11 is 0. The molecule has 0 saturated carbocycles. The molecule has 594 valence electrons. The zero-order chi connectivity index (χ0) is 73.8. The average molecular weight is 1470 g/mol. The van der Waals surface area contributed by atoms with Gasteiger partial charge in [0.25, 0.3) is 0 Å². The highest BCUT2D eigenvalue weighted by Crippen LogP contribution is 2.45. The van der Waals surface area contributed by atoms with Crippen LogP contribution in [0, 0.1) is 23.7 Å². The van der Waals surface area contributed by atoms with Gasteiger partial charge in [0.05, 0.1) is 26.4 Å². The van der Waals surface area contributed by atoms with Gasteiger partial charge in [0.15, 0.2) is 12.2 Å². The predicted molar refractivity (Wildman–Crippen MR) is 409 cm³/mol. The van der Waals surface area contributed by atoms with E-state index in [-0.39, 0.29) is 25.7 Å². The maximum Gasteiger partial charge on any atom is 0.472 e. The molecule has 0 radical (unpaired) electrons. The highest BCUT2D eigenvalue weighted by Gasteiger charge is 2.30. The fourth-order valence-electron chi connectivity index (χ4n) is 12.4. The fraction of sp³-hybridized carbons (Fsp3) is 0.951. The van der Waals surface area contributed by atoms with Gasteiger partial charge in [-0.3, -0.25) is 37.3 Å². The van der Waals surface area contributed by atoms with Crippen molar-refractivity contribution in [3.8, 4) is 0 Å². The largest absolute Gasteiger partial charge is 0.472 e. The first-order valence-corrected chi connectivity index (χ1v) is 44.7. The highest BCUT2D eigenvalue weighted by atomic mass is 31.2. The number of hydrogen-bond acceptors (Lipinski definition) is 15. The van der Waals surface area contributed by atoms with Crippen LogP contribution in [-0.2, 0) is 65.4 Å². The van der Waals surface area contributed by atoms with Gasteiger partial charge in [0, 0.05) is 25.7 Å². The van der Waals surface area contributed by atoms with E-state index in [9.17, 15) is 43.2 Å². The lowest BCUT2D eigenvalue weighted by Gasteiger charge is -2.21. The molecule has 0 aromatic rings. The van der Waals surface area contributed by atoms with E-state index in [0.29, 0.717) is 25.7 Å². The Morgan fingerprint density at radius 3 is 0.620 bits per heavy atom. The van der Waals surface area contributed by atoms with E-state index in [1.807, 2.05) is 0 Å². The van der Waals surface area contributed by atoms with E-state index < -0.39 is 97.5 Å². The number of rotatable bonds is 78. The van der Waals surface area contributed by atoms with E-state index >= 15 is 0 Å². The summed E-state index contributed by atoms with van der Waals surface area (Å²) in [4.78, 5) is 73.1. The molecule has 0 fully saturated rings. The second-order valence-corrected chi connectivity index (χ2v) is 34.0. The molecule has 2 unspecified atom stereocenters. The Morgan fingerprint density at radius 2 is 0.420 bits per heavy atom. The Kier molecular flexibility index (Phi) is 68.7. The molecule has 3 N–H and O–H groups in total. The summed E-state index contributed by atoms with van der Waals surface area (Å²) in [5.41, 5.74) is 0. The van der Waals surface area contributed by atoms with Crippen molar-refractivity contribution in [1.29, 1.82) is 0 Å². The number of phosphoric acid groups is 2. The van der Waals surface area contributed by atoms with Crippen LogP contribution in [0.5, 0.6) is 0 Å². The Balaban J connectivity index is 5.27. The van der Waals surface area contributed by atoms with Crippen LogP contribution in [0.1, 0.15) is 415 Å². The Hall–Kier alpha value is -1.94. The molecule has 0 aliphatic rings. The normalized spacial score (nSPS) is 14.0. The van der Waals surface area contributed by atoms with Crippen LogP contribution in [0.4, 0.5) is 0 Å². The Labute approximate surface area is 613 Å². The summed E-state index contributed by atoms with van der Waals surface area (Å²) in [6, 6.07) is 0. The van der Waals surface area contributed by atoms with E-state index in [2.05, 4.69) is 55.4 Å². The third kappa shape index (κ3) is 74.3. The highest BCUT2D eigenvalue weighted by molar-refractivity contribution is 7.47. The number of ether oxygens (including phenoxy) is 4. The number of phosphoric ester groups is 2. The molecule has 0 amide bonds. The van der Waals surface area contributed by atoms with Gasteiger partial charge < -0.3 is 33.8 Å². The van der Waals surface area contributed by atoms with E-state index in [0.717, 1.165) is 114 Å². The fourth-order valence-corrected chi connectivity index (χ4v) is 14.0. The lowest BCUT2D eigenvalue weighted by atomic mass is 10.0. The average Bonchev–Trinajstić information content (AvgIpc) is 0.910. The van der Waals surface area contributed by atoms with E-state index in [4.69, 9.17) is 37.0 Å². The van der Waals surface area contributed by atoms with Crippen molar-refractivity contribution in [3.63, 3.8) is 0 Å². The minimum absolute atomic E-state index is 0.106. The number of carbonyl (C=O) groups is 4. The molecule has 0 aromatic carbocycles. The van der Waals surface area contributed by atoms with Gasteiger partial charge in [-0.25, -0.2) is 9.13 Å². The van der Waals surface area contributed by atoms with E-state index in [1.165, 1.54) is 218 Å². The third-order valence-electron chi connectivity index (χ3n) is 18.8. The third-order valence-corrected chi connectivity index (χ3v) is 20.7. The van der Waals surface area contributed by atoms with Crippen molar-refractivity contribution < 1.29 is 80.2 Å². The van der Waals surface area contributed by atoms with Crippen molar-refractivity contribution in [3.05, 3.63) is 0 Å². The molecule has 5 atom stereocenters. The first-order valence-electron chi connectivity index (χ1n) is 41.7. The molecule has 0 rings (SSSR count). The minimum Gasteiger partial charge on any atom is -0.462 e. The van der Waals surface area contributed by atoms with Crippen molar-refractivity contribution in [2.45, 2.75) is 433 Å². The van der Waals surface area contributed by atoms with Gasteiger partial charge in [-0.05, 0) is 49.4 Å². The molecular weight excluding hydrogens is 1310 g/mol. The maximum atomic E-state index is 13.1. The molecule has 0 aliphatic heterocycles. The summed E-state index contributed by atoms with van der Waals surface area (Å²) in [6.07, 6.45) is 56.8. The lowest BCUT2D eigenvalue weighted by molar-refractivity contribution is -0.161. The second-order valence-electron chi connectivity index (χ2n) is 31.1. The van der Waals surface area contributed by atoms with Gasteiger partial charge in [0.1, 0.15) is 19.3 Å². The monoisotopic (exact) mass is 1470 g/mol. The quantitative estimate of drug-likeness (QED) is 0.0222. The molecule has 17 nitrogen and oxygen atoms in total. The second kappa shape index (κ2) is 70.1. The first kappa shape index (κ1) is 98.1. The Bertz CT molecular complexity index is 1950. The van der Waals surface area contributed by atoms with Crippen LogP contribution < -0.4 is 0 Å². The predicted octanol–water partition coefficient (Wildman–Crippen LogP) is 24.0. The van der Waals surface area contributed by atoms with Crippen molar-refractivity contribution in [1.82, 2.24) is 0 Å². The molecule has 100 heavy (non-hydrogen) atoms.